The number of H-pyrrole nitrogens is 1. The second-order valence-corrected chi connectivity index (χ2v) is 3.13. The van der Waals surface area contributed by atoms with Crippen molar-refractivity contribution in [2.24, 2.45) is 0 Å². The lowest BCUT2D eigenvalue weighted by Crippen LogP contribution is -2.05. The molecule has 0 atom stereocenters. The maximum Gasteiger partial charge on any atom is 0.418 e. The van der Waals surface area contributed by atoms with Crippen molar-refractivity contribution in [3.63, 3.8) is 0 Å². The van der Waals surface area contributed by atoms with Gasteiger partial charge in [0.05, 0.1) is 22.3 Å². The van der Waals surface area contributed by atoms with Gasteiger partial charge in [-0.15, -0.1) is 0 Å². The molecule has 1 aromatic carbocycles. The van der Waals surface area contributed by atoms with Crippen LogP contribution in [0.15, 0.2) is 18.2 Å². The van der Waals surface area contributed by atoms with Crippen LogP contribution >= 0.6 is 0 Å². The Morgan fingerprint density at radius 2 is 2.00 bits per heavy atom. The molecule has 0 aliphatic carbocycles. The van der Waals surface area contributed by atoms with Crippen LogP contribution < -0.4 is 5.11 Å². The molecule has 1 aromatic heterocycles. The largest absolute Gasteiger partial charge is 0.855 e. The third-order valence-electron chi connectivity index (χ3n) is 2.18. The number of hydrogen-bond acceptors (Lipinski definition) is 2. The highest BCUT2D eigenvalue weighted by Crippen LogP contribution is 2.40. The molecule has 0 spiro atoms. The van der Waals surface area contributed by atoms with Crippen LogP contribution in [0.1, 0.15) is 5.56 Å². The number of rotatable bonds is 0. The number of para-hydroxylation sites is 1. The zero-order valence-corrected chi connectivity index (χ0v) is 7.67. The lowest BCUT2D eigenvalue weighted by atomic mass is 10.1. The van der Waals surface area contributed by atoms with Crippen molar-refractivity contribution in [3.8, 4) is 5.88 Å². The summed E-state index contributed by atoms with van der Waals surface area (Å²) in [6.07, 6.45) is -4.57. The van der Waals surface area contributed by atoms with E-state index < -0.39 is 23.3 Å². The Labute approximate surface area is 86.9 Å². The van der Waals surface area contributed by atoms with Crippen molar-refractivity contribution in [2.45, 2.75) is 6.18 Å². The first-order valence-corrected chi connectivity index (χ1v) is 4.19. The molecule has 16 heavy (non-hydrogen) atoms. The number of fused-ring (bicyclic) bond motifs is 1. The van der Waals surface area contributed by atoms with Crippen LogP contribution in [-0.4, -0.2) is 4.98 Å². The maximum absolute atomic E-state index is 12.5. The van der Waals surface area contributed by atoms with Gasteiger partial charge in [0.25, 0.3) is 0 Å². The topological polar surface area (TPSA) is 67.0 Å². The van der Waals surface area contributed by atoms with Crippen LogP contribution in [0, 0.1) is 5.39 Å². The quantitative estimate of drug-likeness (QED) is 0.703. The van der Waals surface area contributed by atoms with Gasteiger partial charge in [-0.05, 0) is 12.1 Å². The summed E-state index contributed by atoms with van der Waals surface area (Å²) in [4.78, 5) is 4.69. The van der Waals surface area contributed by atoms with Crippen molar-refractivity contribution < 1.29 is 18.3 Å². The molecule has 2 rings (SSSR count). The number of alkyl halides is 3. The summed E-state index contributed by atoms with van der Waals surface area (Å²) >= 11 is 0. The van der Waals surface area contributed by atoms with Gasteiger partial charge in [0.1, 0.15) is 0 Å². The first kappa shape index (κ1) is 10.3. The third-order valence-corrected chi connectivity index (χ3v) is 2.18. The molecule has 82 valence electrons. The fourth-order valence-corrected chi connectivity index (χ4v) is 1.51. The summed E-state index contributed by atoms with van der Waals surface area (Å²) in [6.45, 7) is 0. The van der Waals surface area contributed by atoms with Gasteiger partial charge in [0.15, 0.2) is 4.98 Å². The number of aromatic amines is 1. The van der Waals surface area contributed by atoms with Gasteiger partial charge >= 0.3 is 11.9 Å². The van der Waals surface area contributed by atoms with Crippen LogP contribution in [-0.2, 0) is 6.18 Å². The highest BCUT2D eigenvalue weighted by Gasteiger charge is 2.34. The van der Waals surface area contributed by atoms with E-state index in [1.54, 1.807) is 0 Å². The fourth-order valence-electron chi connectivity index (χ4n) is 1.51. The fraction of sp³-hybridized carbons (Fsp3) is 0.111. The van der Waals surface area contributed by atoms with Gasteiger partial charge < -0.3 is 10.1 Å². The van der Waals surface area contributed by atoms with Gasteiger partial charge in [-0.3, -0.25) is 0 Å². The highest BCUT2D eigenvalue weighted by molar-refractivity contribution is 5.97. The summed E-state index contributed by atoms with van der Waals surface area (Å²) in [5.74, 6) is -0.853. The van der Waals surface area contributed by atoms with Crippen molar-refractivity contribution in [1.82, 2.24) is 4.98 Å². The summed E-state index contributed by atoms with van der Waals surface area (Å²) in [5, 5.41) is 19.6. The number of benzene rings is 1. The molecule has 0 bridgehead atoms. The normalized spacial score (nSPS) is 11.6. The zero-order valence-electron chi connectivity index (χ0n) is 7.67. The highest BCUT2D eigenvalue weighted by atomic mass is 19.4. The van der Waals surface area contributed by atoms with Crippen LogP contribution in [0.25, 0.3) is 15.9 Å². The zero-order chi connectivity index (χ0) is 11.9. The Morgan fingerprint density at radius 1 is 1.31 bits per heavy atom. The standard InChI is InChI=1S/C9H4F3N3O/c10-9(11,12)5-3-1-2-4-6(5)14-8(16)7(4)15-13/h1-3,13H. The summed E-state index contributed by atoms with van der Waals surface area (Å²) in [7, 11) is 0. The summed E-state index contributed by atoms with van der Waals surface area (Å²) < 4.78 is 37.6. The second-order valence-electron chi connectivity index (χ2n) is 3.13. The number of nitrogens with zero attached hydrogens (tertiary/aromatic N) is 2. The molecular weight excluding hydrogens is 223 g/mol. The minimum atomic E-state index is -4.57. The van der Waals surface area contributed by atoms with Crippen LogP contribution in [0.5, 0.6) is 5.88 Å². The minimum Gasteiger partial charge on any atom is -0.855 e. The average molecular weight is 227 g/mol. The summed E-state index contributed by atoms with van der Waals surface area (Å²) in [5.41, 5.74) is -1.74. The molecular formula is C9H4F3N3O. The average Bonchev–Trinajstić information content (AvgIpc) is 2.50. The number of aromatic nitrogens is 1. The SMILES string of the molecule is N#[N+]c1c([O-])[nH]c2c(C(F)(F)F)cccc12. The summed E-state index contributed by atoms with van der Waals surface area (Å²) in [6, 6.07) is 3.27. The number of hydrogen-bond donors (Lipinski definition) is 1. The molecule has 0 aliphatic heterocycles. The lowest BCUT2D eigenvalue weighted by molar-refractivity contribution is -0.272. The molecule has 0 amide bonds. The lowest BCUT2D eigenvalue weighted by Gasteiger charge is -2.06. The molecule has 0 fully saturated rings. The van der Waals surface area contributed by atoms with Crippen LogP contribution in [0.3, 0.4) is 0 Å². The minimum absolute atomic E-state index is 0.0534. The Hall–Kier alpha value is -2.23. The molecule has 0 saturated heterocycles. The van der Waals surface area contributed by atoms with Crippen molar-refractivity contribution in [3.05, 3.63) is 28.7 Å². The number of nitrogens with one attached hydrogen (secondary N) is 1. The predicted molar refractivity (Wildman–Crippen MR) is 47.5 cm³/mol. The van der Waals surface area contributed by atoms with E-state index in [0.29, 0.717) is 0 Å². The smallest absolute Gasteiger partial charge is 0.418 e. The number of halogens is 3. The van der Waals surface area contributed by atoms with E-state index in [-0.39, 0.29) is 10.9 Å². The Balaban J connectivity index is 2.87. The maximum atomic E-state index is 12.5. The molecule has 1 heterocycles. The molecule has 0 radical (unpaired) electrons. The van der Waals surface area contributed by atoms with E-state index in [1.807, 2.05) is 4.98 Å². The molecule has 0 aliphatic rings. The van der Waals surface area contributed by atoms with E-state index >= 15 is 0 Å². The van der Waals surface area contributed by atoms with E-state index in [1.165, 1.54) is 6.07 Å². The molecule has 2 aromatic rings. The Kier molecular flexibility index (Phi) is 2.01. The molecule has 7 heteroatoms. The van der Waals surface area contributed by atoms with Gasteiger partial charge in [-0.1, -0.05) is 6.07 Å². The first-order valence-electron chi connectivity index (χ1n) is 4.19. The molecule has 1 N–H and O–H groups in total. The van der Waals surface area contributed by atoms with Gasteiger partial charge in [0, 0.05) is 0 Å². The molecule has 4 nitrogen and oxygen atoms in total. The molecule has 0 saturated carbocycles. The third kappa shape index (κ3) is 1.35. The monoisotopic (exact) mass is 227 g/mol. The Bertz CT molecular complexity index is 594. The van der Waals surface area contributed by atoms with Gasteiger partial charge in [-0.25, -0.2) is 0 Å². The van der Waals surface area contributed by atoms with Gasteiger partial charge in [-0.2, -0.15) is 13.2 Å². The van der Waals surface area contributed by atoms with E-state index in [2.05, 4.69) is 4.98 Å². The molecule has 0 unspecified atom stereocenters. The van der Waals surface area contributed by atoms with E-state index in [9.17, 15) is 18.3 Å². The number of diazo groups is 1. The van der Waals surface area contributed by atoms with Gasteiger partial charge in [0.2, 0.25) is 5.39 Å². The van der Waals surface area contributed by atoms with Crippen molar-refractivity contribution in [2.75, 3.05) is 0 Å². The second kappa shape index (κ2) is 3.13. The predicted octanol–water partition coefficient (Wildman–Crippen LogP) is 2.74. The van der Waals surface area contributed by atoms with Crippen molar-refractivity contribution in [1.29, 1.82) is 5.39 Å². The van der Waals surface area contributed by atoms with Crippen molar-refractivity contribution >= 4 is 16.6 Å². The van der Waals surface area contributed by atoms with Crippen LogP contribution in [0.2, 0.25) is 0 Å². The van der Waals surface area contributed by atoms with Crippen LogP contribution in [0.4, 0.5) is 18.9 Å². The van der Waals surface area contributed by atoms with E-state index in [0.717, 1.165) is 12.1 Å². The Morgan fingerprint density at radius 3 is 2.56 bits per heavy atom. The first-order chi connectivity index (χ1) is 7.45. The van der Waals surface area contributed by atoms with E-state index in [4.69, 9.17) is 5.39 Å².